The van der Waals surface area contributed by atoms with Gasteiger partial charge in [-0.2, -0.15) is 0 Å². The zero-order chi connectivity index (χ0) is 14.1. The highest BCUT2D eigenvalue weighted by atomic mass is 16.5. The number of nitrogens with two attached hydrogens (primary N) is 1. The fraction of sp³-hybridized carbons (Fsp3) is 0.846. The third-order valence-electron chi connectivity index (χ3n) is 3.70. The lowest BCUT2D eigenvalue weighted by Gasteiger charge is -2.32. The van der Waals surface area contributed by atoms with Crippen LogP contribution in [0.5, 0.6) is 0 Å². The molecule has 0 unspecified atom stereocenters. The largest absolute Gasteiger partial charge is 0.343 e. The van der Waals surface area contributed by atoms with Crippen LogP contribution in [0.3, 0.4) is 0 Å². The van der Waals surface area contributed by atoms with Gasteiger partial charge in [-0.05, 0) is 44.6 Å². The van der Waals surface area contributed by atoms with Crippen LogP contribution in [0.2, 0.25) is 0 Å². The fourth-order valence-electron chi connectivity index (χ4n) is 2.49. The zero-order valence-electron chi connectivity index (χ0n) is 11.4. The molecule has 0 aromatic heterocycles. The van der Waals surface area contributed by atoms with Gasteiger partial charge in [0.05, 0.1) is 0 Å². The Bertz CT molecular complexity index is 289. The molecule has 1 saturated heterocycles. The van der Waals surface area contributed by atoms with Crippen LogP contribution in [0.15, 0.2) is 0 Å². The molecular formula is C13H25N3O3. The van der Waals surface area contributed by atoms with Crippen molar-refractivity contribution in [3.63, 3.8) is 0 Å². The maximum absolute atomic E-state index is 11.8. The maximum Gasteiger partial charge on any atom is 0.243 e. The van der Waals surface area contributed by atoms with E-state index in [0.717, 1.165) is 45.2 Å². The molecule has 6 nitrogen and oxygen atoms in total. The van der Waals surface area contributed by atoms with Gasteiger partial charge in [-0.25, -0.2) is 5.48 Å². The Morgan fingerprint density at radius 1 is 1.21 bits per heavy atom. The Morgan fingerprint density at radius 2 is 1.89 bits per heavy atom. The van der Waals surface area contributed by atoms with Crippen molar-refractivity contribution in [2.24, 2.45) is 11.7 Å². The quantitative estimate of drug-likeness (QED) is 0.467. The lowest BCUT2D eigenvalue weighted by atomic mass is 9.91. The number of carbonyl (C=O) groups excluding carboxylic acids is 2. The highest BCUT2D eigenvalue weighted by molar-refractivity contribution is 5.76. The van der Waals surface area contributed by atoms with Crippen molar-refractivity contribution < 1.29 is 14.8 Å². The molecule has 0 aromatic rings. The molecule has 0 atom stereocenters. The van der Waals surface area contributed by atoms with E-state index in [0.29, 0.717) is 25.3 Å². The summed E-state index contributed by atoms with van der Waals surface area (Å²) in [5.41, 5.74) is 7.04. The third kappa shape index (κ3) is 6.02. The summed E-state index contributed by atoms with van der Waals surface area (Å²) in [6.45, 7) is 2.20. The number of nitrogens with zero attached hydrogens (tertiary/aromatic N) is 1. The minimum Gasteiger partial charge on any atom is -0.343 e. The molecule has 2 amide bonds. The lowest BCUT2D eigenvalue weighted by molar-refractivity contribution is -0.132. The zero-order valence-corrected chi connectivity index (χ0v) is 11.4. The van der Waals surface area contributed by atoms with Crippen molar-refractivity contribution in [3.8, 4) is 0 Å². The van der Waals surface area contributed by atoms with Gasteiger partial charge in [0.2, 0.25) is 11.8 Å². The predicted molar refractivity (Wildman–Crippen MR) is 71.4 cm³/mol. The van der Waals surface area contributed by atoms with Crippen LogP contribution in [0.4, 0.5) is 0 Å². The second-order valence-electron chi connectivity index (χ2n) is 5.14. The highest BCUT2D eigenvalue weighted by Gasteiger charge is 2.22. The van der Waals surface area contributed by atoms with Gasteiger partial charge >= 0.3 is 0 Å². The van der Waals surface area contributed by atoms with Crippen molar-refractivity contribution in [3.05, 3.63) is 0 Å². The summed E-state index contributed by atoms with van der Waals surface area (Å²) in [5, 5.41) is 8.39. The molecule has 19 heavy (non-hydrogen) atoms. The molecule has 0 spiro atoms. The maximum atomic E-state index is 11.8. The van der Waals surface area contributed by atoms with E-state index in [4.69, 9.17) is 10.9 Å². The SMILES string of the molecule is NCCCC(=O)N1CCC(CCCC(=O)NO)CC1. The second kappa shape index (κ2) is 8.87. The number of rotatable bonds is 7. The first-order chi connectivity index (χ1) is 9.17. The van der Waals surface area contributed by atoms with Gasteiger partial charge < -0.3 is 10.6 Å². The molecule has 1 fully saturated rings. The highest BCUT2D eigenvalue weighted by Crippen LogP contribution is 2.23. The molecule has 0 bridgehead atoms. The number of carbonyl (C=O) groups is 2. The van der Waals surface area contributed by atoms with Gasteiger partial charge in [-0.3, -0.25) is 14.8 Å². The minimum atomic E-state index is -0.325. The Kier molecular flexibility index (Phi) is 7.43. The van der Waals surface area contributed by atoms with E-state index in [-0.39, 0.29) is 11.8 Å². The Balaban J connectivity index is 2.14. The van der Waals surface area contributed by atoms with Crippen molar-refractivity contribution >= 4 is 11.8 Å². The van der Waals surface area contributed by atoms with Gasteiger partial charge in [0.25, 0.3) is 0 Å². The van der Waals surface area contributed by atoms with Crippen LogP contribution in [0.1, 0.15) is 44.9 Å². The van der Waals surface area contributed by atoms with E-state index < -0.39 is 0 Å². The summed E-state index contributed by atoms with van der Waals surface area (Å²) in [6, 6.07) is 0. The van der Waals surface area contributed by atoms with Crippen LogP contribution in [-0.2, 0) is 9.59 Å². The summed E-state index contributed by atoms with van der Waals surface area (Å²) < 4.78 is 0. The number of amides is 2. The van der Waals surface area contributed by atoms with Gasteiger partial charge in [-0.1, -0.05) is 0 Å². The van der Waals surface area contributed by atoms with Crippen LogP contribution in [0.25, 0.3) is 0 Å². The molecule has 1 aliphatic rings. The Labute approximate surface area is 114 Å². The molecule has 0 radical (unpaired) electrons. The first kappa shape index (κ1) is 15.9. The van der Waals surface area contributed by atoms with Gasteiger partial charge in [0.1, 0.15) is 0 Å². The first-order valence-corrected chi connectivity index (χ1v) is 7.08. The van der Waals surface area contributed by atoms with E-state index in [1.165, 1.54) is 0 Å². The topological polar surface area (TPSA) is 95.7 Å². The number of piperidine rings is 1. The molecule has 110 valence electrons. The molecule has 1 aliphatic heterocycles. The number of nitrogens with one attached hydrogen (secondary N) is 1. The van der Waals surface area contributed by atoms with Crippen molar-refractivity contribution in [1.29, 1.82) is 0 Å². The number of likely N-dealkylation sites (tertiary alicyclic amines) is 1. The summed E-state index contributed by atoms with van der Waals surface area (Å²) in [7, 11) is 0. The average Bonchev–Trinajstić information content (AvgIpc) is 2.45. The fourth-order valence-corrected chi connectivity index (χ4v) is 2.49. The van der Waals surface area contributed by atoms with Gasteiger partial charge in [0.15, 0.2) is 0 Å². The van der Waals surface area contributed by atoms with Crippen LogP contribution in [0, 0.1) is 5.92 Å². The van der Waals surface area contributed by atoms with E-state index in [9.17, 15) is 9.59 Å². The molecule has 0 aliphatic carbocycles. The average molecular weight is 271 g/mol. The standard InChI is InChI=1S/C13H25N3O3/c14-8-2-5-13(18)16-9-6-11(7-10-16)3-1-4-12(17)15-19/h11,19H,1-10,14H2,(H,15,17). The molecule has 4 N–H and O–H groups in total. The number of hydroxylamine groups is 1. The summed E-state index contributed by atoms with van der Waals surface area (Å²) in [5.74, 6) is 0.475. The van der Waals surface area contributed by atoms with E-state index in [1.54, 1.807) is 5.48 Å². The Morgan fingerprint density at radius 3 is 2.47 bits per heavy atom. The first-order valence-electron chi connectivity index (χ1n) is 7.08. The second-order valence-corrected chi connectivity index (χ2v) is 5.14. The molecule has 1 rings (SSSR count). The van der Waals surface area contributed by atoms with Crippen molar-refractivity contribution in [2.45, 2.75) is 44.9 Å². The number of hydrogen-bond acceptors (Lipinski definition) is 4. The molecular weight excluding hydrogens is 246 g/mol. The monoisotopic (exact) mass is 271 g/mol. The van der Waals surface area contributed by atoms with Crippen molar-refractivity contribution in [1.82, 2.24) is 10.4 Å². The summed E-state index contributed by atoms with van der Waals surface area (Å²) in [6.07, 6.45) is 5.47. The minimum absolute atomic E-state index is 0.212. The van der Waals surface area contributed by atoms with E-state index in [2.05, 4.69) is 0 Å². The number of hydrogen-bond donors (Lipinski definition) is 3. The summed E-state index contributed by atoms with van der Waals surface area (Å²) >= 11 is 0. The molecule has 6 heteroatoms. The molecule has 1 heterocycles. The van der Waals surface area contributed by atoms with E-state index in [1.807, 2.05) is 4.90 Å². The van der Waals surface area contributed by atoms with Crippen molar-refractivity contribution in [2.75, 3.05) is 19.6 Å². The van der Waals surface area contributed by atoms with Crippen LogP contribution >= 0.6 is 0 Å². The third-order valence-corrected chi connectivity index (χ3v) is 3.70. The molecule has 0 saturated carbocycles. The Hall–Kier alpha value is -1.14. The van der Waals surface area contributed by atoms with Gasteiger partial charge in [0, 0.05) is 25.9 Å². The van der Waals surface area contributed by atoms with Crippen LogP contribution in [-0.4, -0.2) is 41.6 Å². The molecule has 0 aromatic carbocycles. The lowest BCUT2D eigenvalue weighted by Crippen LogP contribution is -2.38. The van der Waals surface area contributed by atoms with E-state index >= 15 is 0 Å². The normalized spacial score (nSPS) is 16.4. The van der Waals surface area contributed by atoms with Gasteiger partial charge in [-0.15, -0.1) is 0 Å². The smallest absolute Gasteiger partial charge is 0.243 e. The summed E-state index contributed by atoms with van der Waals surface area (Å²) in [4.78, 5) is 24.6. The van der Waals surface area contributed by atoms with Crippen LogP contribution < -0.4 is 11.2 Å². The predicted octanol–water partition coefficient (Wildman–Crippen LogP) is 0.640.